The third kappa shape index (κ3) is 4.28. The standard InChI is InChI=1S/C14H19N3O6S/c1-23-10-14(18)15-11-5-7-16(8-6-11)24(21,22)13-4-2-3-12(9-13)17(19)20/h2-4,9,11H,5-8,10H2,1H3,(H,15,18). The van der Waals surface area contributed by atoms with Gasteiger partial charge in [0.1, 0.15) is 6.61 Å². The summed E-state index contributed by atoms with van der Waals surface area (Å²) in [7, 11) is -2.36. The molecule has 9 nitrogen and oxygen atoms in total. The fourth-order valence-corrected chi connectivity index (χ4v) is 4.06. The maximum Gasteiger partial charge on any atom is 0.270 e. The molecular weight excluding hydrogens is 338 g/mol. The molecule has 132 valence electrons. The number of nitrogens with zero attached hydrogens (tertiary/aromatic N) is 2. The summed E-state index contributed by atoms with van der Waals surface area (Å²) < 4.78 is 31.2. The van der Waals surface area contributed by atoms with E-state index in [-0.39, 0.29) is 42.2 Å². The Morgan fingerprint density at radius 1 is 1.42 bits per heavy atom. The van der Waals surface area contributed by atoms with Gasteiger partial charge in [0.2, 0.25) is 15.9 Å². The van der Waals surface area contributed by atoms with Crippen LogP contribution in [-0.4, -0.2) is 56.4 Å². The van der Waals surface area contributed by atoms with E-state index in [4.69, 9.17) is 4.74 Å². The van der Waals surface area contributed by atoms with Crippen LogP contribution in [0.2, 0.25) is 0 Å². The maximum absolute atomic E-state index is 12.6. The molecule has 1 amide bonds. The number of nitro benzene ring substituents is 1. The molecule has 0 bridgehead atoms. The quantitative estimate of drug-likeness (QED) is 0.585. The highest BCUT2D eigenvalue weighted by molar-refractivity contribution is 7.89. The van der Waals surface area contributed by atoms with Crippen molar-refractivity contribution in [2.45, 2.75) is 23.8 Å². The molecule has 1 aromatic carbocycles. The summed E-state index contributed by atoms with van der Waals surface area (Å²) in [6.07, 6.45) is 0.952. The van der Waals surface area contributed by atoms with Crippen molar-refractivity contribution < 1.29 is 22.9 Å². The Balaban J connectivity index is 2.03. The first-order valence-electron chi connectivity index (χ1n) is 7.37. The fourth-order valence-electron chi connectivity index (χ4n) is 2.55. The summed E-state index contributed by atoms with van der Waals surface area (Å²) in [4.78, 5) is 21.6. The molecular formula is C14H19N3O6S. The zero-order valence-corrected chi connectivity index (χ0v) is 14.0. The zero-order valence-electron chi connectivity index (χ0n) is 13.2. The van der Waals surface area contributed by atoms with E-state index < -0.39 is 14.9 Å². The topological polar surface area (TPSA) is 119 Å². The van der Waals surface area contributed by atoms with Gasteiger partial charge in [-0.25, -0.2) is 8.42 Å². The number of nitro groups is 1. The zero-order chi connectivity index (χ0) is 17.7. The minimum Gasteiger partial charge on any atom is -0.375 e. The van der Waals surface area contributed by atoms with Crippen molar-refractivity contribution in [2.24, 2.45) is 0 Å². The molecule has 1 aliphatic rings. The number of ether oxygens (including phenoxy) is 1. The number of piperidine rings is 1. The molecule has 10 heteroatoms. The third-order valence-electron chi connectivity index (χ3n) is 3.76. The highest BCUT2D eigenvalue weighted by Crippen LogP contribution is 2.23. The van der Waals surface area contributed by atoms with Crippen molar-refractivity contribution in [3.05, 3.63) is 34.4 Å². The average Bonchev–Trinajstić information content (AvgIpc) is 2.55. The summed E-state index contributed by atoms with van der Waals surface area (Å²) in [5.74, 6) is -0.238. The highest BCUT2D eigenvalue weighted by Gasteiger charge is 2.30. The SMILES string of the molecule is COCC(=O)NC1CCN(S(=O)(=O)c2cccc([N+](=O)[O-])c2)CC1. The lowest BCUT2D eigenvalue weighted by molar-refractivity contribution is -0.385. The summed E-state index contributed by atoms with van der Waals surface area (Å²) in [6.45, 7) is 0.443. The molecule has 1 N–H and O–H groups in total. The second-order valence-electron chi connectivity index (χ2n) is 5.43. The van der Waals surface area contributed by atoms with Crippen molar-refractivity contribution in [2.75, 3.05) is 26.8 Å². The molecule has 1 aromatic rings. The number of carbonyl (C=O) groups is 1. The summed E-state index contributed by atoms with van der Waals surface area (Å²) in [6, 6.07) is 4.89. The Labute approximate surface area is 139 Å². The second kappa shape index (κ2) is 7.69. The van der Waals surface area contributed by atoms with E-state index in [1.807, 2.05) is 0 Å². The van der Waals surface area contributed by atoms with Crippen LogP contribution >= 0.6 is 0 Å². The molecule has 0 spiro atoms. The van der Waals surface area contributed by atoms with Gasteiger partial charge in [-0.15, -0.1) is 0 Å². The molecule has 0 unspecified atom stereocenters. The lowest BCUT2D eigenvalue weighted by atomic mass is 10.1. The number of amides is 1. The van der Waals surface area contributed by atoms with E-state index in [0.29, 0.717) is 12.8 Å². The van der Waals surface area contributed by atoms with E-state index in [0.717, 1.165) is 6.07 Å². The van der Waals surface area contributed by atoms with Gasteiger partial charge in [0.25, 0.3) is 5.69 Å². The third-order valence-corrected chi connectivity index (χ3v) is 5.66. The molecule has 0 saturated carbocycles. The van der Waals surface area contributed by atoms with Gasteiger partial charge in [0.05, 0.1) is 9.82 Å². The molecule has 1 heterocycles. The number of methoxy groups -OCH3 is 1. The number of sulfonamides is 1. The van der Waals surface area contributed by atoms with Gasteiger partial charge in [-0.05, 0) is 18.9 Å². The first kappa shape index (κ1) is 18.3. The molecule has 0 atom stereocenters. The van der Waals surface area contributed by atoms with Crippen LogP contribution < -0.4 is 5.32 Å². The predicted octanol–water partition coefficient (Wildman–Crippen LogP) is 0.511. The molecule has 0 radical (unpaired) electrons. The van der Waals surface area contributed by atoms with Crippen molar-refractivity contribution >= 4 is 21.6 Å². The van der Waals surface area contributed by atoms with E-state index in [1.54, 1.807) is 0 Å². The second-order valence-corrected chi connectivity index (χ2v) is 7.37. The average molecular weight is 357 g/mol. The van der Waals surface area contributed by atoms with Crippen molar-refractivity contribution in [1.29, 1.82) is 0 Å². The van der Waals surface area contributed by atoms with Gasteiger partial charge >= 0.3 is 0 Å². The number of hydrogen-bond donors (Lipinski definition) is 1. The highest BCUT2D eigenvalue weighted by atomic mass is 32.2. The number of benzene rings is 1. The predicted molar refractivity (Wildman–Crippen MR) is 84.9 cm³/mol. The van der Waals surface area contributed by atoms with Gasteiger partial charge in [0, 0.05) is 38.4 Å². The van der Waals surface area contributed by atoms with Crippen molar-refractivity contribution in [3.63, 3.8) is 0 Å². The van der Waals surface area contributed by atoms with Crippen LogP contribution in [0.1, 0.15) is 12.8 Å². The lowest BCUT2D eigenvalue weighted by Crippen LogP contribution is -2.47. The van der Waals surface area contributed by atoms with Gasteiger partial charge < -0.3 is 10.1 Å². The number of nitrogens with one attached hydrogen (secondary N) is 1. The fraction of sp³-hybridized carbons (Fsp3) is 0.500. The first-order valence-corrected chi connectivity index (χ1v) is 8.81. The Morgan fingerprint density at radius 2 is 2.08 bits per heavy atom. The largest absolute Gasteiger partial charge is 0.375 e. The van der Waals surface area contributed by atoms with Crippen LogP contribution in [0, 0.1) is 10.1 Å². The summed E-state index contributed by atoms with van der Waals surface area (Å²) >= 11 is 0. The van der Waals surface area contributed by atoms with Crippen LogP contribution in [0.3, 0.4) is 0 Å². The Kier molecular flexibility index (Phi) is 5.86. The minimum atomic E-state index is -3.79. The molecule has 24 heavy (non-hydrogen) atoms. The number of non-ortho nitro benzene ring substituents is 1. The van der Waals surface area contributed by atoms with Crippen LogP contribution in [0.5, 0.6) is 0 Å². The van der Waals surface area contributed by atoms with Crippen LogP contribution in [0.25, 0.3) is 0 Å². The summed E-state index contributed by atoms with van der Waals surface area (Å²) in [5, 5.41) is 13.6. The Hall–Kier alpha value is -2.04. The molecule has 0 aliphatic carbocycles. The van der Waals surface area contributed by atoms with E-state index >= 15 is 0 Å². The van der Waals surface area contributed by atoms with Gasteiger partial charge in [-0.2, -0.15) is 4.31 Å². The van der Waals surface area contributed by atoms with Crippen molar-refractivity contribution in [1.82, 2.24) is 9.62 Å². The summed E-state index contributed by atoms with van der Waals surface area (Å²) in [5.41, 5.74) is -0.266. The smallest absolute Gasteiger partial charge is 0.270 e. The molecule has 1 fully saturated rings. The Bertz CT molecular complexity index is 713. The van der Waals surface area contributed by atoms with Gasteiger partial charge in [-0.3, -0.25) is 14.9 Å². The monoisotopic (exact) mass is 357 g/mol. The van der Waals surface area contributed by atoms with Crippen LogP contribution in [0.4, 0.5) is 5.69 Å². The molecule has 1 aliphatic heterocycles. The number of rotatable bonds is 6. The number of hydrogen-bond acceptors (Lipinski definition) is 6. The first-order chi connectivity index (χ1) is 11.3. The van der Waals surface area contributed by atoms with E-state index in [9.17, 15) is 23.3 Å². The number of carbonyl (C=O) groups excluding carboxylic acids is 1. The normalized spacial score (nSPS) is 16.7. The molecule has 1 saturated heterocycles. The van der Waals surface area contributed by atoms with E-state index in [2.05, 4.69) is 5.32 Å². The van der Waals surface area contributed by atoms with E-state index in [1.165, 1.54) is 29.6 Å². The minimum absolute atomic E-state index is 0.0355. The maximum atomic E-state index is 12.6. The molecule has 0 aromatic heterocycles. The van der Waals surface area contributed by atoms with Crippen LogP contribution in [-0.2, 0) is 19.6 Å². The molecule has 2 rings (SSSR count). The lowest BCUT2D eigenvalue weighted by Gasteiger charge is -2.31. The Morgan fingerprint density at radius 3 is 2.67 bits per heavy atom. The van der Waals surface area contributed by atoms with Gasteiger partial charge in [0.15, 0.2) is 0 Å². The van der Waals surface area contributed by atoms with Crippen LogP contribution in [0.15, 0.2) is 29.2 Å². The van der Waals surface area contributed by atoms with Gasteiger partial charge in [-0.1, -0.05) is 6.07 Å². The van der Waals surface area contributed by atoms with Crippen molar-refractivity contribution in [3.8, 4) is 0 Å².